The van der Waals surface area contributed by atoms with Gasteiger partial charge in [0.2, 0.25) is 0 Å². The Morgan fingerprint density at radius 2 is 1.94 bits per heavy atom. The van der Waals surface area contributed by atoms with E-state index in [2.05, 4.69) is 21.3 Å². The van der Waals surface area contributed by atoms with Gasteiger partial charge in [0, 0.05) is 42.6 Å². The molecule has 0 atom stereocenters. The Morgan fingerprint density at radius 1 is 1.18 bits per heavy atom. The number of anilines is 1. The fourth-order valence-electron chi connectivity index (χ4n) is 4.32. The summed E-state index contributed by atoms with van der Waals surface area (Å²) in [6.45, 7) is 8.46. The molecule has 1 aliphatic rings. The minimum atomic E-state index is -0.280. The molecule has 8 heteroatoms. The van der Waals surface area contributed by atoms with Gasteiger partial charge in [-0.1, -0.05) is 18.2 Å². The molecular weight excluding hydrogens is 432 g/mol. The standard InChI is InChI=1S/C26H32N4O4/c1-18-14-19(2)21-16-20(25(31)27-23(21)15-18)17-30(9-8-29-10-12-34-13-11-29)26(32)28-22-6-4-5-7-24(22)33-3/h4-7,14-16H,8-13,17H2,1-3H3,(H,27,31)(H,28,32). The minimum absolute atomic E-state index is 0.182. The lowest BCUT2D eigenvalue weighted by Gasteiger charge is -2.30. The van der Waals surface area contributed by atoms with Gasteiger partial charge >= 0.3 is 6.03 Å². The van der Waals surface area contributed by atoms with Gasteiger partial charge in [0.15, 0.2) is 0 Å². The summed E-state index contributed by atoms with van der Waals surface area (Å²) in [6, 6.07) is 13.0. The summed E-state index contributed by atoms with van der Waals surface area (Å²) in [7, 11) is 1.57. The Hall–Kier alpha value is -3.36. The Bertz CT molecular complexity index is 1220. The number of rotatable bonds is 7. The van der Waals surface area contributed by atoms with Crippen molar-refractivity contribution in [2.24, 2.45) is 0 Å². The number of nitrogens with one attached hydrogen (secondary N) is 2. The number of ether oxygens (including phenoxy) is 2. The lowest BCUT2D eigenvalue weighted by atomic mass is 10.0. The summed E-state index contributed by atoms with van der Waals surface area (Å²) < 4.78 is 10.8. The molecule has 0 radical (unpaired) electrons. The molecule has 3 aromatic rings. The van der Waals surface area contributed by atoms with Crippen LogP contribution in [-0.4, -0.2) is 67.3 Å². The van der Waals surface area contributed by atoms with Gasteiger partial charge in [-0.2, -0.15) is 0 Å². The van der Waals surface area contributed by atoms with Gasteiger partial charge in [0.05, 0.1) is 32.6 Å². The number of aromatic amines is 1. The lowest BCUT2D eigenvalue weighted by Crippen LogP contribution is -2.44. The average Bonchev–Trinajstić information content (AvgIpc) is 2.83. The topological polar surface area (TPSA) is 86.9 Å². The van der Waals surface area contributed by atoms with Gasteiger partial charge in [-0.05, 0) is 49.2 Å². The molecule has 8 nitrogen and oxygen atoms in total. The van der Waals surface area contributed by atoms with Gasteiger partial charge in [-0.3, -0.25) is 9.69 Å². The van der Waals surface area contributed by atoms with Gasteiger partial charge in [0.1, 0.15) is 5.75 Å². The predicted molar refractivity (Wildman–Crippen MR) is 134 cm³/mol. The number of urea groups is 1. The van der Waals surface area contributed by atoms with Crippen LogP contribution in [-0.2, 0) is 11.3 Å². The third kappa shape index (κ3) is 5.58. The molecule has 1 aromatic heterocycles. The van der Waals surface area contributed by atoms with Crippen LogP contribution in [0.2, 0.25) is 0 Å². The van der Waals surface area contributed by atoms with Crippen LogP contribution in [0.5, 0.6) is 5.75 Å². The molecule has 1 aliphatic heterocycles. The molecule has 2 heterocycles. The SMILES string of the molecule is COc1ccccc1NC(=O)N(CCN1CCOCC1)Cc1cc2c(C)cc(C)cc2[nH]c1=O. The van der Waals surface area contributed by atoms with Gasteiger partial charge in [-0.15, -0.1) is 0 Å². The van der Waals surface area contributed by atoms with E-state index in [1.54, 1.807) is 24.1 Å². The average molecular weight is 465 g/mol. The quantitative estimate of drug-likeness (QED) is 0.559. The normalized spacial score (nSPS) is 14.2. The van der Waals surface area contributed by atoms with E-state index in [4.69, 9.17) is 9.47 Å². The van der Waals surface area contributed by atoms with Crippen LogP contribution in [0.1, 0.15) is 16.7 Å². The number of carbonyl (C=O) groups excluding carboxylic acids is 1. The second-order valence-electron chi connectivity index (χ2n) is 8.67. The Balaban J connectivity index is 1.60. The number of aromatic nitrogens is 1. The summed E-state index contributed by atoms with van der Waals surface area (Å²) in [5, 5.41) is 3.94. The molecule has 0 bridgehead atoms. The van der Waals surface area contributed by atoms with Crippen molar-refractivity contribution in [1.82, 2.24) is 14.8 Å². The van der Waals surface area contributed by atoms with Crippen molar-refractivity contribution in [1.29, 1.82) is 0 Å². The number of amides is 2. The first-order valence-electron chi connectivity index (χ1n) is 11.6. The number of benzene rings is 2. The molecule has 4 rings (SSSR count). The van der Waals surface area contributed by atoms with Crippen LogP contribution < -0.4 is 15.6 Å². The molecule has 34 heavy (non-hydrogen) atoms. The molecule has 180 valence electrons. The molecule has 0 aliphatic carbocycles. The number of nitrogens with zero attached hydrogens (tertiary/aromatic N) is 2. The third-order valence-electron chi connectivity index (χ3n) is 6.18. The van der Waals surface area contributed by atoms with Crippen molar-refractivity contribution in [2.75, 3.05) is 51.8 Å². The largest absolute Gasteiger partial charge is 0.495 e. The Morgan fingerprint density at radius 3 is 2.71 bits per heavy atom. The van der Waals surface area contributed by atoms with Crippen molar-refractivity contribution >= 4 is 22.6 Å². The van der Waals surface area contributed by atoms with E-state index in [0.717, 1.165) is 35.1 Å². The first-order chi connectivity index (χ1) is 16.4. The molecule has 2 aromatic carbocycles. The zero-order chi connectivity index (χ0) is 24.1. The van der Waals surface area contributed by atoms with E-state index < -0.39 is 0 Å². The lowest BCUT2D eigenvalue weighted by molar-refractivity contribution is 0.0349. The van der Waals surface area contributed by atoms with Crippen molar-refractivity contribution in [3.8, 4) is 5.75 Å². The van der Waals surface area contributed by atoms with Crippen LogP contribution in [0.3, 0.4) is 0 Å². The zero-order valence-corrected chi connectivity index (χ0v) is 20.0. The van der Waals surface area contributed by atoms with E-state index in [1.807, 2.05) is 38.1 Å². The number of hydrogen-bond donors (Lipinski definition) is 2. The van der Waals surface area contributed by atoms with E-state index in [9.17, 15) is 9.59 Å². The van der Waals surface area contributed by atoms with Crippen molar-refractivity contribution in [3.05, 3.63) is 69.5 Å². The number of methoxy groups -OCH3 is 1. The summed E-state index contributed by atoms with van der Waals surface area (Å²) in [5.74, 6) is 0.582. The summed E-state index contributed by atoms with van der Waals surface area (Å²) in [4.78, 5) is 33.2. The number of para-hydroxylation sites is 2. The first kappa shape index (κ1) is 23.8. The highest BCUT2D eigenvalue weighted by Gasteiger charge is 2.20. The molecule has 1 fully saturated rings. The zero-order valence-electron chi connectivity index (χ0n) is 20.0. The summed E-state index contributed by atoms with van der Waals surface area (Å²) in [6.07, 6.45) is 0. The molecule has 2 amide bonds. The minimum Gasteiger partial charge on any atom is -0.495 e. The van der Waals surface area contributed by atoms with Crippen molar-refractivity contribution < 1.29 is 14.3 Å². The fourth-order valence-corrected chi connectivity index (χ4v) is 4.32. The maximum atomic E-state index is 13.3. The van der Waals surface area contributed by atoms with Crippen molar-refractivity contribution in [2.45, 2.75) is 20.4 Å². The number of hydrogen-bond acceptors (Lipinski definition) is 5. The number of morpholine rings is 1. The van der Waals surface area contributed by atoms with Crippen LogP contribution in [0.4, 0.5) is 10.5 Å². The molecule has 2 N–H and O–H groups in total. The van der Waals surface area contributed by atoms with E-state index in [-0.39, 0.29) is 18.1 Å². The third-order valence-corrected chi connectivity index (χ3v) is 6.18. The van der Waals surface area contributed by atoms with Crippen LogP contribution >= 0.6 is 0 Å². The summed E-state index contributed by atoms with van der Waals surface area (Å²) in [5.41, 5.74) is 3.95. The maximum Gasteiger partial charge on any atom is 0.322 e. The van der Waals surface area contributed by atoms with Crippen LogP contribution in [0.15, 0.2) is 47.3 Å². The second-order valence-corrected chi connectivity index (χ2v) is 8.67. The van der Waals surface area contributed by atoms with Crippen LogP contribution in [0.25, 0.3) is 10.9 Å². The molecule has 1 saturated heterocycles. The number of pyridine rings is 1. The van der Waals surface area contributed by atoms with Gasteiger partial charge < -0.3 is 24.7 Å². The predicted octanol–water partition coefficient (Wildman–Crippen LogP) is 3.52. The molecule has 0 spiro atoms. The van der Waals surface area contributed by atoms with E-state index >= 15 is 0 Å². The van der Waals surface area contributed by atoms with Crippen molar-refractivity contribution in [3.63, 3.8) is 0 Å². The monoisotopic (exact) mass is 464 g/mol. The van der Waals surface area contributed by atoms with Gasteiger partial charge in [0.25, 0.3) is 5.56 Å². The van der Waals surface area contributed by atoms with Crippen LogP contribution in [0, 0.1) is 13.8 Å². The Kier molecular flexibility index (Phi) is 7.49. The number of carbonyl (C=O) groups is 1. The highest BCUT2D eigenvalue weighted by molar-refractivity contribution is 5.91. The van der Waals surface area contributed by atoms with Gasteiger partial charge in [-0.25, -0.2) is 4.79 Å². The fraction of sp³-hybridized carbons (Fsp3) is 0.385. The molecular formula is C26H32N4O4. The molecule has 0 unspecified atom stereocenters. The number of aryl methyl sites for hydroxylation is 2. The highest BCUT2D eigenvalue weighted by Crippen LogP contribution is 2.24. The maximum absolute atomic E-state index is 13.3. The highest BCUT2D eigenvalue weighted by atomic mass is 16.5. The number of H-pyrrole nitrogens is 1. The second kappa shape index (κ2) is 10.7. The first-order valence-corrected chi connectivity index (χ1v) is 11.6. The Labute approximate surface area is 199 Å². The van der Waals surface area contributed by atoms with E-state index in [1.165, 1.54) is 0 Å². The van der Waals surface area contributed by atoms with E-state index in [0.29, 0.717) is 43.3 Å². The smallest absolute Gasteiger partial charge is 0.322 e. The summed E-state index contributed by atoms with van der Waals surface area (Å²) >= 11 is 0. The molecule has 0 saturated carbocycles. The number of fused-ring (bicyclic) bond motifs is 1.